The molecule has 11 heavy (non-hydrogen) atoms. The van der Waals surface area contributed by atoms with Crippen LogP contribution in [0.1, 0.15) is 19.3 Å². The molecular formula is C9H12O2. The first kappa shape index (κ1) is 6.89. The Morgan fingerprint density at radius 2 is 2.18 bits per heavy atom. The maximum atomic E-state index is 10.7. The monoisotopic (exact) mass is 152 g/mol. The molecule has 60 valence electrons. The molecule has 1 fully saturated rings. The number of hydrogen-bond acceptors (Lipinski definition) is 1. The lowest BCUT2D eigenvalue weighted by Crippen LogP contribution is -2.25. The molecular weight excluding hydrogens is 140 g/mol. The molecule has 1 saturated carbocycles. The molecule has 3 atom stereocenters. The second-order valence-corrected chi connectivity index (χ2v) is 3.57. The second-order valence-electron chi connectivity index (χ2n) is 3.57. The fourth-order valence-corrected chi connectivity index (χ4v) is 2.23. The van der Waals surface area contributed by atoms with Crippen LogP contribution in [0.4, 0.5) is 0 Å². The topological polar surface area (TPSA) is 37.3 Å². The molecule has 3 unspecified atom stereocenters. The number of aliphatic carboxylic acids is 1. The van der Waals surface area contributed by atoms with Gasteiger partial charge < -0.3 is 5.11 Å². The van der Waals surface area contributed by atoms with Crippen molar-refractivity contribution in [2.75, 3.05) is 0 Å². The van der Waals surface area contributed by atoms with Gasteiger partial charge in [0, 0.05) is 0 Å². The Labute approximate surface area is 65.9 Å². The first-order valence-corrected chi connectivity index (χ1v) is 4.18. The zero-order valence-electron chi connectivity index (χ0n) is 6.36. The number of hydrogen-bond donors (Lipinski definition) is 1. The van der Waals surface area contributed by atoms with E-state index in [1.54, 1.807) is 0 Å². The maximum Gasteiger partial charge on any atom is 0.307 e. The molecule has 2 rings (SSSR count). The third-order valence-corrected chi connectivity index (χ3v) is 2.89. The smallest absolute Gasteiger partial charge is 0.307 e. The van der Waals surface area contributed by atoms with Crippen LogP contribution in [0.2, 0.25) is 0 Å². The number of fused-ring (bicyclic) bond motifs is 2. The van der Waals surface area contributed by atoms with E-state index in [9.17, 15) is 4.79 Å². The van der Waals surface area contributed by atoms with Gasteiger partial charge in [0.1, 0.15) is 0 Å². The molecule has 0 aromatic rings. The summed E-state index contributed by atoms with van der Waals surface area (Å²) in [7, 11) is 0. The van der Waals surface area contributed by atoms with E-state index >= 15 is 0 Å². The molecule has 2 heteroatoms. The van der Waals surface area contributed by atoms with E-state index in [-0.39, 0.29) is 5.92 Å². The van der Waals surface area contributed by atoms with Crippen molar-refractivity contribution in [3.63, 3.8) is 0 Å². The largest absolute Gasteiger partial charge is 0.481 e. The Hall–Kier alpha value is -0.790. The summed E-state index contributed by atoms with van der Waals surface area (Å²) >= 11 is 0. The molecule has 0 radical (unpaired) electrons. The van der Waals surface area contributed by atoms with Crippen LogP contribution in [0.15, 0.2) is 12.2 Å². The van der Waals surface area contributed by atoms with Crippen LogP contribution in [0.3, 0.4) is 0 Å². The van der Waals surface area contributed by atoms with Crippen molar-refractivity contribution >= 4 is 5.97 Å². The van der Waals surface area contributed by atoms with Crippen molar-refractivity contribution in [2.24, 2.45) is 17.8 Å². The van der Waals surface area contributed by atoms with E-state index in [0.717, 1.165) is 19.3 Å². The Kier molecular flexibility index (Phi) is 1.48. The minimum Gasteiger partial charge on any atom is -0.481 e. The first-order valence-electron chi connectivity index (χ1n) is 4.18. The lowest BCUT2D eigenvalue weighted by atomic mass is 9.79. The van der Waals surface area contributed by atoms with Crippen LogP contribution in [-0.2, 0) is 4.79 Å². The maximum absolute atomic E-state index is 10.7. The Morgan fingerprint density at radius 1 is 1.36 bits per heavy atom. The molecule has 0 amide bonds. The molecule has 2 aliphatic carbocycles. The third kappa shape index (κ3) is 1.06. The highest BCUT2D eigenvalue weighted by molar-refractivity contribution is 5.71. The predicted molar refractivity (Wildman–Crippen MR) is 41.1 cm³/mol. The van der Waals surface area contributed by atoms with Crippen LogP contribution < -0.4 is 0 Å². The predicted octanol–water partition coefficient (Wildman–Crippen LogP) is 1.67. The normalized spacial score (nSPS) is 40.9. The standard InChI is InChI=1S/C9H12O2/c10-9(11)8-4-2-6-1-3-7(8)5-6/h1,3,6-8H,2,4-5H2,(H,10,11). The van der Waals surface area contributed by atoms with Crippen molar-refractivity contribution in [3.05, 3.63) is 12.2 Å². The van der Waals surface area contributed by atoms with E-state index in [0.29, 0.717) is 11.8 Å². The highest BCUT2D eigenvalue weighted by Crippen LogP contribution is 2.40. The molecule has 0 aliphatic heterocycles. The Balaban J connectivity index is 2.13. The van der Waals surface area contributed by atoms with Crippen LogP contribution in [0.5, 0.6) is 0 Å². The lowest BCUT2D eigenvalue weighted by molar-refractivity contribution is -0.144. The van der Waals surface area contributed by atoms with Crippen molar-refractivity contribution in [3.8, 4) is 0 Å². The summed E-state index contributed by atoms with van der Waals surface area (Å²) in [6.45, 7) is 0. The minimum absolute atomic E-state index is 0.0926. The van der Waals surface area contributed by atoms with E-state index in [2.05, 4.69) is 12.2 Å². The molecule has 2 bridgehead atoms. The van der Waals surface area contributed by atoms with E-state index < -0.39 is 5.97 Å². The van der Waals surface area contributed by atoms with Crippen molar-refractivity contribution in [1.82, 2.24) is 0 Å². The molecule has 1 N–H and O–H groups in total. The molecule has 0 aromatic carbocycles. The molecule has 2 aliphatic rings. The molecule has 2 nitrogen and oxygen atoms in total. The van der Waals surface area contributed by atoms with Gasteiger partial charge in [-0.1, -0.05) is 12.2 Å². The van der Waals surface area contributed by atoms with Gasteiger partial charge in [0.25, 0.3) is 0 Å². The van der Waals surface area contributed by atoms with Crippen LogP contribution in [0, 0.1) is 17.8 Å². The van der Waals surface area contributed by atoms with E-state index in [1.807, 2.05) is 0 Å². The van der Waals surface area contributed by atoms with Crippen molar-refractivity contribution in [2.45, 2.75) is 19.3 Å². The summed E-state index contributed by atoms with van der Waals surface area (Å²) < 4.78 is 0. The summed E-state index contributed by atoms with van der Waals surface area (Å²) in [5, 5.41) is 8.82. The van der Waals surface area contributed by atoms with Gasteiger partial charge in [-0.25, -0.2) is 0 Å². The average Bonchev–Trinajstić information content (AvgIpc) is 2.32. The number of carboxylic acid groups (broad SMARTS) is 1. The summed E-state index contributed by atoms with van der Waals surface area (Å²) in [5.41, 5.74) is 0. The van der Waals surface area contributed by atoms with E-state index in [4.69, 9.17) is 5.11 Å². The van der Waals surface area contributed by atoms with Gasteiger partial charge in [-0.2, -0.15) is 0 Å². The molecule has 0 saturated heterocycles. The van der Waals surface area contributed by atoms with Gasteiger partial charge in [0.05, 0.1) is 5.92 Å². The zero-order valence-corrected chi connectivity index (χ0v) is 6.36. The van der Waals surface area contributed by atoms with Crippen molar-refractivity contribution < 1.29 is 9.90 Å². The Morgan fingerprint density at radius 3 is 2.91 bits per heavy atom. The summed E-state index contributed by atoms with van der Waals surface area (Å²) in [5.74, 6) is 0.326. The summed E-state index contributed by atoms with van der Waals surface area (Å²) in [4.78, 5) is 10.7. The van der Waals surface area contributed by atoms with Crippen LogP contribution in [0.25, 0.3) is 0 Å². The zero-order chi connectivity index (χ0) is 7.84. The molecule has 0 heterocycles. The van der Waals surface area contributed by atoms with Gasteiger partial charge >= 0.3 is 5.97 Å². The Bertz CT molecular complexity index is 208. The highest BCUT2D eigenvalue weighted by atomic mass is 16.4. The van der Waals surface area contributed by atoms with Gasteiger partial charge in [0.2, 0.25) is 0 Å². The third-order valence-electron chi connectivity index (χ3n) is 2.89. The number of carboxylic acids is 1. The van der Waals surface area contributed by atoms with Gasteiger partial charge in [-0.05, 0) is 31.1 Å². The van der Waals surface area contributed by atoms with Gasteiger partial charge in [0.15, 0.2) is 0 Å². The SMILES string of the molecule is O=C(O)C1CCC2C=CC1C2. The second kappa shape index (κ2) is 2.36. The lowest BCUT2D eigenvalue weighted by Gasteiger charge is -2.25. The van der Waals surface area contributed by atoms with Gasteiger partial charge in [-0.15, -0.1) is 0 Å². The fraction of sp³-hybridized carbons (Fsp3) is 0.667. The summed E-state index contributed by atoms with van der Waals surface area (Å²) in [6.07, 6.45) is 7.31. The molecule has 0 aromatic heterocycles. The highest BCUT2D eigenvalue weighted by Gasteiger charge is 2.35. The van der Waals surface area contributed by atoms with Crippen molar-refractivity contribution in [1.29, 1.82) is 0 Å². The first-order chi connectivity index (χ1) is 5.27. The van der Waals surface area contributed by atoms with Gasteiger partial charge in [-0.3, -0.25) is 4.79 Å². The number of allylic oxidation sites excluding steroid dienone is 2. The minimum atomic E-state index is -0.611. The van der Waals surface area contributed by atoms with Crippen LogP contribution in [-0.4, -0.2) is 11.1 Å². The number of rotatable bonds is 1. The average molecular weight is 152 g/mol. The summed E-state index contributed by atoms with van der Waals surface area (Å²) in [6, 6.07) is 0. The quantitative estimate of drug-likeness (QED) is 0.580. The van der Waals surface area contributed by atoms with Crippen LogP contribution >= 0.6 is 0 Å². The fourth-order valence-electron chi connectivity index (χ4n) is 2.23. The van der Waals surface area contributed by atoms with E-state index in [1.165, 1.54) is 0 Å². The number of carbonyl (C=O) groups is 1. The molecule has 0 spiro atoms.